The lowest BCUT2D eigenvalue weighted by Gasteiger charge is -2.26. The highest BCUT2D eigenvalue weighted by Gasteiger charge is 2.29. The van der Waals surface area contributed by atoms with Crippen LogP contribution in [-0.2, 0) is 11.3 Å². The predicted octanol–water partition coefficient (Wildman–Crippen LogP) is 2.86. The Morgan fingerprint density at radius 3 is 2.79 bits per heavy atom. The van der Waals surface area contributed by atoms with Crippen molar-refractivity contribution in [2.24, 2.45) is 0 Å². The number of aromatic nitrogens is 3. The molecule has 1 aliphatic heterocycles. The number of hydrogen-bond donors (Lipinski definition) is 1. The highest BCUT2D eigenvalue weighted by molar-refractivity contribution is 5.83. The van der Waals surface area contributed by atoms with Crippen LogP contribution >= 0.6 is 0 Å². The number of amides is 1. The molecule has 1 aliphatic rings. The molecule has 1 N–H and O–H groups in total. The summed E-state index contributed by atoms with van der Waals surface area (Å²) in [6.07, 6.45) is 9.15. The first-order chi connectivity index (χ1) is 13.7. The Bertz CT molecular complexity index is 937. The number of pyridine rings is 1. The molecule has 0 spiro atoms. The van der Waals surface area contributed by atoms with Gasteiger partial charge >= 0.3 is 0 Å². The molecular weight excluding hydrogens is 357 g/mol. The van der Waals surface area contributed by atoms with Crippen LogP contribution in [0.2, 0.25) is 0 Å². The molecule has 1 saturated heterocycles. The summed E-state index contributed by atoms with van der Waals surface area (Å²) in [4.78, 5) is 19.3. The molecule has 0 aliphatic carbocycles. The van der Waals surface area contributed by atoms with Crippen molar-refractivity contribution in [3.05, 3.63) is 78.1 Å². The van der Waals surface area contributed by atoms with E-state index in [2.05, 4.69) is 20.3 Å². The molecule has 1 atom stereocenters. The van der Waals surface area contributed by atoms with E-state index in [4.69, 9.17) is 0 Å². The summed E-state index contributed by atoms with van der Waals surface area (Å²) in [5.41, 5.74) is 2.39. The minimum absolute atomic E-state index is 0.0478. The van der Waals surface area contributed by atoms with Gasteiger partial charge in [-0.2, -0.15) is 5.10 Å². The van der Waals surface area contributed by atoms with Crippen LogP contribution in [0.3, 0.4) is 0 Å². The van der Waals surface area contributed by atoms with E-state index in [0.29, 0.717) is 12.2 Å². The standard InChI is InChI=1S/C21H22FN5O/c22-18-6-3-7-19(11-18)27-15-16(13-25-27)12-24-21(28)20(26-9-1-2-10-26)17-5-4-8-23-14-17/h3-8,11,13-15,20H,1-2,9-10,12H2,(H,24,28)/t20-/m1/s1. The predicted molar refractivity (Wildman–Crippen MR) is 103 cm³/mol. The molecule has 0 radical (unpaired) electrons. The summed E-state index contributed by atoms with van der Waals surface area (Å²) >= 11 is 0. The average Bonchev–Trinajstić information content (AvgIpc) is 3.40. The normalized spacial score (nSPS) is 15.5. The molecule has 1 fully saturated rings. The van der Waals surface area contributed by atoms with Crippen molar-refractivity contribution in [3.63, 3.8) is 0 Å². The van der Waals surface area contributed by atoms with Gasteiger partial charge in [0.2, 0.25) is 5.91 Å². The minimum atomic E-state index is -0.338. The number of carbonyl (C=O) groups is 1. The summed E-state index contributed by atoms with van der Waals surface area (Å²) in [7, 11) is 0. The zero-order valence-electron chi connectivity index (χ0n) is 15.5. The molecule has 0 unspecified atom stereocenters. The largest absolute Gasteiger partial charge is 0.350 e. The van der Waals surface area contributed by atoms with Gasteiger partial charge in [-0.1, -0.05) is 12.1 Å². The molecule has 6 nitrogen and oxygen atoms in total. The number of halogens is 1. The minimum Gasteiger partial charge on any atom is -0.350 e. The second-order valence-corrected chi connectivity index (χ2v) is 6.92. The Morgan fingerprint density at radius 2 is 2.04 bits per heavy atom. The van der Waals surface area contributed by atoms with Gasteiger partial charge in [-0.25, -0.2) is 9.07 Å². The van der Waals surface area contributed by atoms with E-state index in [0.717, 1.165) is 37.1 Å². The van der Waals surface area contributed by atoms with E-state index in [1.807, 2.05) is 12.1 Å². The molecular formula is C21H22FN5O. The smallest absolute Gasteiger partial charge is 0.242 e. The number of rotatable bonds is 6. The SMILES string of the molecule is O=C(NCc1cnn(-c2cccc(F)c2)c1)[C@@H](c1cccnc1)N1CCCC1. The van der Waals surface area contributed by atoms with E-state index in [-0.39, 0.29) is 17.8 Å². The van der Waals surface area contributed by atoms with Crippen LogP contribution in [-0.4, -0.2) is 38.7 Å². The molecule has 7 heteroatoms. The van der Waals surface area contributed by atoms with Gasteiger partial charge in [-0.05, 0) is 55.8 Å². The third-order valence-electron chi connectivity index (χ3n) is 4.93. The van der Waals surface area contributed by atoms with E-state index >= 15 is 0 Å². The molecule has 3 aromatic rings. The van der Waals surface area contributed by atoms with Crippen molar-refractivity contribution in [2.45, 2.75) is 25.4 Å². The number of nitrogens with one attached hydrogen (secondary N) is 1. The fourth-order valence-electron chi connectivity index (χ4n) is 3.56. The number of hydrogen-bond acceptors (Lipinski definition) is 4. The second kappa shape index (κ2) is 8.31. The highest BCUT2D eigenvalue weighted by atomic mass is 19.1. The van der Waals surface area contributed by atoms with E-state index in [9.17, 15) is 9.18 Å². The van der Waals surface area contributed by atoms with Crippen molar-refractivity contribution in [2.75, 3.05) is 13.1 Å². The maximum absolute atomic E-state index is 13.4. The zero-order valence-corrected chi connectivity index (χ0v) is 15.5. The first-order valence-corrected chi connectivity index (χ1v) is 9.42. The summed E-state index contributed by atoms with van der Waals surface area (Å²) < 4.78 is 15.0. The number of benzene rings is 1. The fourth-order valence-corrected chi connectivity index (χ4v) is 3.56. The molecule has 1 aromatic carbocycles. The first-order valence-electron chi connectivity index (χ1n) is 9.42. The molecule has 1 amide bonds. The van der Waals surface area contributed by atoms with Gasteiger partial charge in [-0.3, -0.25) is 14.7 Å². The summed E-state index contributed by atoms with van der Waals surface area (Å²) in [6, 6.07) is 9.69. The van der Waals surface area contributed by atoms with Crippen LogP contribution in [0.5, 0.6) is 0 Å². The Hall–Kier alpha value is -3.06. The molecule has 0 saturated carbocycles. The summed E-state index contributed by atoms with van der Waals surface area (Å²) in [5.74, 6) is -0.360. The lowest BCUT2D eigenvalue weighted by Crippen LogP contribution is -2.39. The molecule has 4 rings (SSSR count). The lowest BCUT2D eigenvalue weighted by molar-refractivity contribution is -0.126. The van der Waals surface area contributed by atoms with E-state index in [1.54, 1.807) is 41.6 Å². The molecule has 0 bridgehead atoms. The van der Waals surface area contributed by atoms with Gasteiger partial charge < -0.3 is 5.32 Å². The first kappa shape index (κ1) is 18.3. The third-order valence-corrected chi connectivity index (χ3v) is 4.93. The van der Waals surface area contributed by atoms with Crippen LogP contribution in [0.25, 0.3) is 5.69 Å². The van der Waals surface area contributed by atoms with Gasteiger partial charge in [-0.15, -0.1) is 0 Å². The summed E-state index contributed by atoms with van der Waals surface area (Å²) in [6.45, 7) is 2.17. The molecule has 28 heavy (non-hydrogen) atoms. The lowest BCUT2D eigenvalue weighted by atomic mass is 10.1. The van der Waals surface area contributed by atoms with Crippen LogP contribution in [0.15, 0.2) is 61.2 Å². The van der Waals surface area contributed by atoms with Crippen molar-refractivity contribution >= 4 is 5.91 Å². The van der Waals surface area contributed by atoms with Gasteiger partial charge in [0, 0.05) is 30.7 Å². The quantitative estimate of drug-likeness (QED) is 0.715. The maximum atomic E-state index is 13.4. The number of likely N-dealkylation sites (tertiary alicyclic amines) is 1. The molecule has 2 aromatic heterocycles. The van der Waals surface area contributed by atoms with Gasteiger partial charge in [0.05, 0.1) is 11.9 Å². The van der Waals surface area contributed by atoms with Crippen LogP contribution in [0.4, 0.5) is 4.39 Å². The Kier molecular flexibility index (Phi) is 5.43. The van der Waals surface area contributed by atoms with Crippen LogP contribution in [0, 0.1) is 5.82 Å². The Labute approximate surface area is 163 Å². The van der Waals surface area contributed by atoms with Gasteiger partial charge in [0.25, 0.3) is 0 Å². The Balaban J connectivity index is 1.45. The van der Waals surface area contributed by atoms with Crippen LogP contribution < -0.4 is 5.32 Å². The number of carbonyl (C=O) groups excluding carboxylic acids is 1. The van der Waals surface area contributed by atoms with E-state index < -0.39 is 0 Å². The second-order valence-electron chi connectivity index (χ2n) is 6.92. The Morgan fingerprint density at radius 1 is 1.18 bits per heavy atom. The average molecular weight is 379 g/mol. The zero-order chi connectivity index (χ0) is 19.3. The molecule has 3 heterocycles. The van der Waals surface area contributed by atoms with Crippen molar-refractivity contribution in [1.29, 1.82) is 0 Å². The van der Waals surface area contributed by atoms with Crippen molar-refractivity contribution in [3.8, 4) is 5.69 Å². The summed E-state index contributed by atoms with van der Waals surface area (Å²) in [5, 5.41) is 7.28. The van der Waals surface area contributed by atoms with Gasteiger partial charge in [0.15, 0.2) is 0 Å². The highest BCUT2D eigenvalue weighted by Crippen LogP contribution is 2.25. The van der Waals surface area contributed by atoms with Crippen molar-refractivity contribution < 1.29 is 9.18 Å². The van der Waals surface area contributed by atoms with Gasteiger partial charge in [0.1, 0.15) is 11.9 Å². The maximum Gasteiger partial charge on any atom is 0.242 e. The van der Waals surface area contributed by atoms with E-state index in [1.165, 1.54) is 12.1 Å². The number of nitrogens with zero attached hydrogens (tertiary/aromatic N) is 4. The molecule has 144 valence electrons. The van der Waals surface area contributed by atoms with Crippen molar-refractivity contribution in [1.82, 2.24) is 25.0 Å². The fraction of sp³-hybridized carbons (Fsp3) is 0.286. The topological polar surface area (TPSA) is 63.1 Å². The monoisotopic (exact) mass is 379 g/mol. The third kappa shape index (κ3) is 4.09. The van der Waals surface area contributed by atoms with Crippen LogP contribution in [0.1, 0.15) is 30.0 Å².